The van der Waals surface area contributed by atoms with Gasteiger partial charge in [0.25, 0.3) is 0 Å². The standard InChI is InChI=1S/C18H23N5O3/c1-13-11-15(25-2)3-4-16(13)22-18(24)20-12-14-5-6-19-17(21-14)23-7-9-26-10-8-23/h3-6,11H,7-10,12H2,1-2H3,(H2,20,22,24). The number of carbonyl (C=O) groups is 1. The van der Waals surface area contributed by atoms with Crippen LogP contribution in [0.5, 0.6) is 5.75 Å². The maximum atomic E-state index is 12.2. The summed E-state index contributed by atoms with van der Waals surface area (Å²) in [6.07, 6.45) is 1.71. The second kappa shape index (κ2) is 8.48. The van der Waals surface area contributed by atoms with Crippen molar-refractivity contribution in [1.29, 1.82) is 0 Å². The molecule has 3 rings (SSSR count). The van der Waals surface area contributed by atoms with Crippen molar-refractivity contribution in [3.63, 3.8) is 0 Å². The van der Waals surface area contributed by atoms with Crippen LogP contribution in [0.25, 0.3) is 0 Å². The molecule has 0 atom stereocenters. The largest absolute Gasteiger partial charge is 0.497 e. The molecule has 0 bridgehead atoms. The Morgan fingerprint density at radius 3 is 2.85 bits per heavy atom. The SMILES string of the molecule is COc1ccc(NC(=O)NCc2ccnc(N3CCOCC3)n2)c(C)c1. The van der Waals surface area contributed by atoms with Crippen LogP contribution in [-0.4, -0.2) is 49.4 Å². The number of nitrogens with zero attached hydrogens (tertiary/aromatic N) is 3. The third kappa shape index (κ3) is 4.60. The summed E-state index contributed by atoms with van der Waals surface area (Å²) in [6.45, 7) is 5.13. The number of rotatable bonds is 5. The van der Waals surface area contributed by atoms with Crippen LogP contribution in [0, 0.1) is 6.92 Å². The summed E-state index contributed by atoms with van der Waals surface area (Å²) in [7, 11) is 1.61. The first-order chi connectivity index (χ1) is 12.7. The van der Waals surface area contributed by atoms with E-state index in [0.29, 0.717) is 25.7 Å². The summed E-state index contributed by atoms with van der Waals surface area (Å²) in [5.41, 5.74) is 2.42. The van der Waals surface area contributed by atoms with E-state index in [-0.39, 0.29) is 6.03 Å². The van der Waals surface area contributed by atoms with Crippen LogP contribution in [0.2, 0.25) is 0 Å². The maximum Gasteiger partial charge on any atom is 0.319 e. The molecule has 138 valence electrons. The third-order valence-corrected chi connectivity index (χ3v) is 4.11. The lowest BCUT2D eigenvalue weighted by Crippen LogP contribution is -2.37. The van der Waals surface area contributed by atoms with Gasteiger partial charge in [-0.1, -0.05) is 0 Å². The number of anilines is 2. The number of morpholine rings is 1. The number of ether oxygens (including phenoxy) is 2. The minimum Gasteiger partial charge on any atom is -0.497 e. The number of aryl methyl sites for hydroxylation is 1. The Morgan fingerprint density at radius 2 is 2.12 bits per heavy atom. The van der Waals surface area contributed by atoms with E-state index in [1.165, 1.54) is 0 Å². The first-order valence-electron chi connectivity index (χ1n) is 8.50. The summed E-state index contributed by atoms with van der Waals surface area (Å²) in [6, 6.07) is 7.00. The lowest BCUT2D eigenvalue weighted by Gasteiger charge is -2.26. The molecule has 8 nitrogen and oxygen atoms in total. The monoisotopic (exact) mass is 357 g/mol. The smallest absolute Gasteiger partial charge is 0.319 e. The van der Waals surface area contributed by atoms with Crippen molar-refractivity contribution < 1.29 is 14.3 Å². The number of carbonyl (C=O) groups excluding carboxylic acids is 1. The molecule has 2 N–H and O–H groups in total. The van der Waals surface area contributed by atoms with Gasteiger partial charge in [0.2, 0.25) is 5.95 Å². The average Bonchev–Trinajstić information content (AvgIpc) is 2.69. The van der Waals surface area contributed by atoms with Crippen LogP contribution < -0.4 is 20.3 Å². The zero-order chi connectivity index (χ0) is 18.4. The summed E-state index contributed by atoms with van der Waals surface area (Å²) in [4.78, 5) is 23.1. The highest BCUT2D eigenvalue weighted by atomic mass is 16.5. The Balaban J connectivity index is 1.56. The highest BCUT2D eigenvalue weighted by Gasteiger charge is 2.14. The molecule has 1 aliphatic rings. The number of urea groups is 1. The molecule has 0 spiro atoms. The molecule has 1 fully saturated rings. The fourth-order valence-electron chi connectivity index (χ4n) is 2.64. The van der Waals surface area contributed by atoms with Crippen LogP contribution >= 0.6 is 0 Å². The Labute approximate surface area is 152 Å². The van der Waals surface area contributed by atoms with Gasteiger partial charge < -0.3 is 25.0 Å². The first-order valence-corrected chi connectivity index (χ1v) is 8.50. The van der Waals surface area contributed by atoms with Crippen LogP contribution in [-0.2, 0) is 11.3 Å². The van der Waals surface area contributed by atoms with Gasteiger partial charge in [-0.3, -0.25) is 0 Å². The molecule has 0 radical (unpaired) electrons. The summed E-state index contributed by atoms with van der Waals surface area (Å²) in [5.74, 6) is 1.42. The maximum absolute atomic E-state index is 12.2. The van der Waals surface area contributed by atoms with Crippen LogP contribution in [0.1, 0.15) is 11.3 Å². The van der Waals surface area contributed by atoms with Crippen molar-refractivity contribution in [2.24, 2.45) is 0 Å². The van der Waals surface area contributed by atoms with Gasteiger partial charge in [-0.05, 0) is 36.8 Å². The van der Waals surface area contributed by atoms with Gasteiger partial charge >= 0.3 is 6.03 Å². The molecule has 26 heavy (non-hydrogen) atoms. The fraction of sp³-hybridized carbons (Fsp3) is 0.389. The number of benzene rings is 1. The average molecular weight is 357 g/mol. The van der Waals surface area contributed by atoms with E-state index < -0.39 is 0 Å². The Hall–Kier alpha value is -2.87. The molecular weight excluding hydrogens is 334 g/mol. The minimum atomic E-state index is -0.287. The predicted octanol–water partition coefficient (Wildman–Crippen LogP) is 1.95. The molecule has 0 aliphatic carbocycles. The Kier molecular flexibility index (Phi) is 5.85. The zero-order valence-corrected chi connectivity index (χ0v) is 15.0. The van der Waals surface area contributed by atoms with Gasteiger partial charge in [-0.2, -0.15) is 0 Å². The van der Waals surface area contributed by atoms with Gasteiger partial charge in [-0.15, -0.1) is 0 Å². The number of hydrogen-bond donors (Lipinski definition) is 2. The molecule has 1 saturated heterocycles. The van der Waals surface area contributed by atoms with Crippen molar-refractivity contribution in [3.05, 3.63) is 41.7 Å². The topological polar surface area (TPSA) is 88.6 Å². The summed E-state index contributed by atoms with van der Waals surface area (Å²) < 4.78 is 10.5. The number of amides is 2. The number of nitrogens with one attached hydrogen (secondary N) is 2. The summed E-state index contributed by atoms with van der Waals surface area (Å²) in [5, 5.41) is 5.65. The third-order valence-electron chi connectivity index (χ3n) is 4.11. The van der Waals surface area contributed by atoms with E-state index >= 15 is 0 Å². The minimum absolute atomic E-state index is 0.287. The molecular formula is C18H23N5O3. The molecule has 2 aromatic rings. The molecule has 0 saturated carbocycles. The van der Waals surface area contributed by atoms with Crippen LogP contribution in [0.15, 0.2) is 30.5 Å². The second-order valence-electron chi connectivity index (χ2n) is 5.94. The fourth-order valence-corrected chi connectivity index (χ4v) is 2.64. The molecule has 8 heteroatoms. The van der Waals surface area contributed by atoms with Crippen molar-refractivity contribution in [1.82, 2.24) is 15.3 Å². The van der Waals surface area contributed by atoms with E-state index in [2.05, 4.69) is 25.5 Å². The second-order valence-corrected chi connectivity index (χ2v) is 5.94. The van der Waals surface area contributed by atoms with Crippen LogP contribution in [0.4, 0.5) is 16.4 Å². The Bertz CT molecular complexity index is 762. The van der Waals surface area contributed by atoms with Gasteiger partial charge in [0.1, 0.15) is 5.75 Å². The van der Waals surface area contributed by atoms with Crippen molar-refractivity contribution >= 4 is 17.7 Å². The molecule has 1 aromatic carbocycles. The molecule has 1 aliphatic heterocycles. The van der Waals surface area contributed by atoms with Gasteiger partial charge in [0, 0.05) is 25.0 Å². The molecule has 0 unspecified atom stereocenters. The van der Waals surface area contributed by atoms with E-state index in [9.17, 15) is 4.79 Å². The Morgan fingerprint density at radius 1 is 1.31 bits per heavy atom. The molecule has 1 aromatic heterocycles. The number of hydrogen-bond acceptors (Lipinski definition) is 6. The van der Waals surface area contributed by atoms with Gasteiger partial charge in [-0.25, -0.2) is 14.8 Å². The molecule has 2 heterocycles. The van der Waals surface area contributed by atoms with Crippen molar-refractivity contribution in [3.8, 4) is 5.75 Å². The molecule has 2 amide bonds. The predicted molar refractivity (Wildman–Crippen MR) is 98.7 cm³/mol. The highest BCUT2D eigenvalue weighted by molar-refractivity contribution is 5.90. The highest BCUT2D eigenvalue weighted by Crippen LogP contribution is 2.20. The quantitative estimate of drug-likeness (QED) is 0.850. The number of methoxy groups -OCH3 is 1. The van der Waals surface area contributed by atoms with E-state index in [1.54, 1.807) is 19.4 Å². The van der Waals surface area contributed by atoms with Crippen LogP contribution in [0.3, 0.4) is 0 Å². The lowest BCUT2D eigenvalue weighted by molar-refractivity contribution is 0.122. The van der Waals surface area contributed by atoms with Crippen molar-refractivity contribution in [2.45, 2.75) is 13.5 Å². The first kappa shape index (κ1) is 17.9. The van der Waals surface area contributed by atoms with E-state index in [4.69, 9.17) is 9.47 Å². The van der Waals surface area contributed by atoms with E-state index in [1.807, 2.05) is 25.1 Å². The normalized spacial score (nSPS) is 14.0. The van der Waals surface area contributed by atoms with Gasteiger partial charge in [0.15, 0.2) is 0 Å². The van der Waals surface area contributed by atoms with Crippen molar-refractivity contribution in [2.75, 3.05) is 43.6 Å². The van der Waals surface area contributed by atoms with E-state index in [0.717, 1.165) is 35.8 Å². The lowest BCUT2D eigenvalue weighted by atomic mass is 10.2. The van der Waals surface area contributed by atoms with Gasteiger partial charge in [0.05, 0.1) is 32.6 Å². The number of aromatic nitrogens is 2. The zero-order valence-electron chi connectivity index (χ0n) is 15.0. The summed E-state index contributed by atoms with van der Waals surface area (Å²) >= 11 is 0.